The van der Waals surface area contributed by atoms with Gasteiger partial charge in [0.2, 0.25) is 5.91 Å². The van der Waals surface area contributed by atoms with Gasteiger partial charge in [0.1, 0.15) is 10.3 Å². The first-order valence-electron chi connectivity index (χ1n) is 6.36. The molecular formula is C13H13N3O3S2. The number of amides is 1. The van der Waals surface area contributed by atoms with E-state index in [9.17, 15) is 13.2 Å². The molecule has 0 saturated carbocycles. The Balaban J connectivity index is 1.83. The van der Waals surface area contributed by atoms with Crippen molar-refractivity contribution in [3.8, 4) is 10.4 Å². The van der Waals surface area contributed by atoms with Gasteiger partial charge in [0.05, 0.1) is 0 Å². The van der Waals surface area contributed by atoms with E-state index in [4.69, 9.17) is 0 Å². The van der Waals surface area contributed by atoms with E-state index in [1.54, 1.807) is 24.5 Å². The van der Waals surface area contributed by atoms with E-state index in [1.807, 2.05) is 12.1 Å². The number of carbonyl (C=O) groups excluding carboxylic acids is 1. The van der Waals surface area contributed by atoms with E-state index in [2.05, 4.69) is 15.0 Å². The predicted octanol–water partition coefficient (Wildman–Crippen LogP) is 0.977. The van der Waals surface area contributed by atoms with Crippen molar-refractivity contribution in [3.05, 3.63) is 36.7 Å². The Bertz CT molecular complexity index is 756. The Hall–Kier alpha value is -1.77. The number of hydrogen-bond acceptors (Lipinski definition) is 5. The van der Waals surface area contributed by atoms with E-state index in [0.29, 0.717) is 13.0 Å². The quantitative estimate of drug-likeness (QED) is 0.878. The van der Waals surface area contributed by atoms with Gasteiger partial charge < -0.3 is 5.32 Å². The number of nitrogens with zero attached hydrogens (tertiary/aromatic N) is 1. The van der Waals surface area contributed by atoms with E-state index < -0.39 is 16.1 Å². The molecule has 1 amide bonds. The van der Waals surface area contributed by atoms with Crippen LogP contribution < -0.4 is 10.0 Å². The lowest BCUT2D eigenvalue weighted by Crippen LogP contribution is -2.39. The van der Waals surface area contributed by atoms with Crippen molar-refractivity contribution in [1.29, 1.82) is 0 Å². The Labute approximate surface area is 126 Å². The average molecular weight is 323 g/mol. The Kier molecular flexibility index (Phi) is 3.75. The highest BCUT2D eigenvalue weighted by Crippen LogP contribution is 2.30. The minimum absolute atomic E-state index is 0.203. The van der Waals surface area contributed by atoms with Crippen LogP contribution in [0.25, 0.3) is 10.4 Å². The van der Waals surface area contributed by atoms with E-state index in [-0.39, 0.29) is 10.1 Å². The molecular weight excluding hydrogens is 310 g/mol. The van der Waals surface area contributed by atoms with Crippen molar-refractivity contribution in [1.82, 2.24) is 15.0 Å². The fourth-order valence-electron chi connectivity index (χ4n) is 2.09. The van der Waals surface area contributed by atoms with Gasteiger partial charge in [0.15, 0.2) is 0 Å². The highest BCUT2D eigenvalue weighted by atomic mass is 32.2. The summed E-state index contributed by atoms with van der Waals surface area (Å²) in [6, 6.07) is 6.26. The summed E-state index contributed by atoms with van der Waals surface area (Å²) in [6.07, 6.45) is 3.79. The molecule has 21 heavy (non-hydrogen) atoms. The summed E-state index contributed by atoms with van der Waals surface area (Å²) in [5.41, 5.74) is 0.912. The third-order valence-electron chi connectivity index (χ3n) is 3.16. The fraction of sp³-hybridized carbons (Fsp3) is 0.231. The summed E-state index contributed by atoms with van der Waals surface area (Å²) in [7, 11) is -3.67. The van der Waals surface area contributed by atoms with Crippen molar-refractivity contribution < 1.29 is 13.2 Å². The highest BCUT2D eigenvalue weighted by Gasteiger charge is 2.30. The van der Waals surface area contributed by atoms with Crippen LogP contribution >= 0.6 is 11.3 Å². The minimum atomic E-state index is -3.67. The summed E-state index contributed by atoms with van der Waals surface area (Å²) in [6.45, 7) is 0.499. The van der Waals surface area contributed by atoms with Gasteiger partial charge in [-0.15, -0.1) is 11.3 Å². The van der Waals surface area contributed by atoms with Crippen molar-refractivity contribution >= 4 is 27.3 Å². The summed E-state index contributed by atoms with van der Waals surface area (Å²) in [5, 5.41) is 2.61. The van der Waals surface area contributed by atoms with Crippen LogP contribution in [0.3, 0.4) is 0 Å². The molecule has 0 radical (unpaired) electrons. The molecule has 2 aromatic heterocycles. The number of nitrogens with one attached hydrogen (secondary N) is 2. The fourth-order valence-corrected chi connectivity index (χ4v) is 4.65. The maximum Gasteiger partial charge on any atom is 0.250 e. The minimum Gasteiger partial charge on any atom is -0.355 e. The van der Waals surface area contributed by atoms with Gasteiger partial charge >= 0.3 is 0 Å². The summed E-state index contributed by atoms with van der Waals surface area (Å²) >= 11 is 1.17. The summed E-state index contributed by atoms with van der Waals surface area (Å²) < 4.78 is 27.2. The normalized spacial score (nSPS) is 18.7. The number of thiophene rings is 1. The molecule has 110 valence electrons. The molecule has 3 heterocycles. The van der Waals surface area contributed by atoms with Crippen LogP contribution in [-0.4, -0.2) is 31.9 Å². The van der Waals surface area contributed by atoms with E-state index >= 15 is 0 Å². The van der Waals surface area contributed by atoms with Crippen molar-refractivity contribution in [2.45, 2.75) is 16.7 Å². The van der Waals surface area contributed by atoms with Gasteiger partial charge in [-0.1, -0.05) is 0 Å². The first-order chi connectivity index (χ1) is 10.1. The van der Waals surface area contributed by atoms with Crippen LogP contribution in [0.5, 0.6) is 0 Å². The molecule has 0 spiro atoms. The third kappa shape index (κ3) is 2.97. The molecule has 8 heteroatoms. The van der Waals surface area contributed by atoms with Crippen molar-refractivity contribution in [2.24, 2.45) is 0 Å². The molecule has 1 aliphatic heterocycles. The second-order valence-corrected chi connectivity index (χ2v) is 7.63. The van der Waals surface area contributed by atoms with Gasteiger partial charge in [-0.3, -0.25) is 9.78 Å². The molecule has 1 fully saturated rings. The zero-order chi connectivity index (χ0) is 14.9. The van der Waals surface area contributed by atoms with Crippen LogP contribution in [0.1, 0.15) is 6.42 Å². The molecule has 0 unspecified atom stereocenters. The maximum atomic E-state index is 12.3. The monoisotopic (exact) mass is 323 g/mol. The molecule has 2 N–H and O–H groups in total. The van der Waals surface area contributed by atoms with E-state index in [1.165, 1.54) is 11.3 Å². The predicted molar refractivity (Wildman–Crippen MR) is 79.3 cm³/mol. The SMILES string of the molecule is O=C1NCC[C@@H]1NS(=O)(=O)c1ccc(-c2ccncc2)s1. The van der Waals surface area contributed by atoms with Gasteiger partial charge in [0, 0.05) is 23.8 Å². The Morgan fingerprint density at radius 2 is 2.00 bits per heavy atom. The van der Waals surface area contributed by atoms with E-state index in [0.717, 1.165) is 10.4 Å². The molecule has 3 rings (SSSR count). The van der Waals surface area contributed by atoms with Gasteiger partial charge in [-0.2, -0.15) is 4.72 Å². The zero-order valence-corrected chi connectivity index (χ0v) is 12.6. The van der Waals surface area contributed by atoms with Crippen molar-refractivity contribution in [2.75, 3.05) is 6.54 Å². The first-order valence-corrected chi connectivity index (χ1v) is 8.66. The first kappa shape index (κ1) is 14.2. The lowest BCUT2D eigenvalue weighted by Gasteiger charge is -2.08. The smallest absolute Gasteiger partial charge is 0.250 e. The molecule has 2 aromatic rings. The molecule has 1 atom stereocenters. The molecule has 0 bridgehead atoms. The molecule has 0 aromatic carbocycles. The average Bonchev–Trinajstić information content (AvgIpc) is 3.10. The summed E-state index contributed by atoms with van der Waals surface area (Å²) in [5.74, 6) is -0.274. The van der Waals surface area contributed by atoms with Crippen LogP contribution in [0, 0.1) is 0 Å². The van der Waals surface area contributed by atoms with Crippen LogP contribution in [0.4, 0.5) is 0 Å². The zero-order valence-electron chi connectivity index (χ0n) is 10.9. The Morgan fingerprint density at radius 1 is 1.24 bits per heavy atom. The van der Waals surface area contributed by atoms with Crippen LogP contribution in [-0.2, 0) is 14.8 Å². The number of pyridine rings is 1. The van der Waals surface area contributed by atoms with Crippen molar-refractivity contribution in [3.63, 3.8) is 0 Å². The third-order valence-corrected chi connectivity index (χ3v) is 6.26. The largest absolute Gasteiger partial charge is 0.355 e. The van der Waals surface area contributed by atoms with Crippen LogP contribution in [0.15, 0.2) is 40.9 Å². The van der Waals surface area contributed by atoms with Gasteiger partial charge in [0.25, 0.3) is 10.0 Å². The number of aromatic nitrogens is 1. The summed E-state index contributed by atoms with van der Waals surface area (Å²) in [4.78, 5) is 16.2. The molecule has 1 saturated heterocycles. The topological polar surface area (TPSA) is 88.2 Å². The maximum absolute atomic E-state index is 12.3. The van der Waals surface area contributed by atoms with Gasteiger partial charge in [-0.25, -0.2) is 8.42 Å². The lowest BCUT2D eigenvalue weighted by molar-refractivity contribution is -0.120. The molecule has 1 aliphatic rings. The highest BCUT2D eigenvalue weighted by molar-refractivity contribution is 7.91. The lowest BCUT2D eigenvalue weighted by atomic mass is 10.2. The number of hydrogen-bond donors (Lipinski definition) is 2. The molecule has 6 nitrogen and oxygen atoms in total. The Morgan fingerprint density at radius 3 is 2.67 bits per heavy atom. The second kappa shape index (κ2) is 5.55. The van der Waals surface area contributed by atoms with Gasteiger partial charge in [-0.05, 0) is 36.2 Å². The standard InChI is InChI=1S/C13H13N3O3S2/c17-13-10(5-8-15-13)16-21(18,19)12-2-1-11(20-12)9-3-6-14-7-4-9/h1-4,6-7,10,16H,5,8H2,(H,15,17)/t10-/m0/s1. The van der Waals surface area contributed by atoms with Crippen LogP contribution in [0.2, 0.25) is 0 Å². The number of sulfonamides is 1. The molecule has 0 aliphatic carbocycles. The number of carbonyl (C=O) groups is 1. The number of rotatable bonds is 4. The second-order valence-electron chi connectivity index (χ2n) is 4.61.